The van der Waals surface area contributed by atoms with E-state index in [0.717, 1.165) is 5.56 Å². The lowest BCUT2D eigenvalue weighted by atomic mass is 10.1. The van der Waals surface area contributed by atoms with Gasteiger partial charge in [-0.15, -0.1) is 0 Å². The molecule has 1 atom stereocenters. The largest absolute Gasteiger partial charge is 0.494 e. The number of imide groups is 1. The molecule has 0 radical (unpaired) electrons. The van der Waals surface area contributed by atoms with Gasteiger partial charge in [0, 0.05) is 11.6 Å². The molecule has 1 aliphatic heterocycles. The summed E-state index contributed by atoms with van der Waals surface area (Å²) in [7, 11) is 0. The highest BCUT2D eigenvalue weighted by atomic mass is 35.5. The van der Waals surface area contributed by atoms with Crippen LogP contribution in [-0.4, -0.2) is 30.0 Å². The van der Waals surface area contributed by atoms with Gasteiger partial charge in [-0.3, -0.25) is 9.69 Å². The summed E-state index contributed by atoms with van der Waals surface area (Å²) in [5, 5.41) is 3.36. The molecule has 1 heterocycles. The zero-order chi connectivity index (χ0) is 16.9. The van der Waals surface area contributed by atoms with Crippen molar-refractivity contribution >= 4 is 23.5 Å². The van der Waals surface area contributed by atoms with Crippen LogP contribution < -0.4 is 10.1 Å². The smallest absolute Gasteiger partial charge is 0.325 e. The van der Waals surface area contributed by atoms with Crippen LogP contribution in [0.15, 0.2) is 54.6 Å². The number of carbonyl (C=O) groups is 2. The summed E-state index contributed by atoms with van der Waals surface area (Å²) in [6, 6.07) is 15.3. The highest BCUT2D eigenvalue weighted by Gasteiger charge is 2.38. The molecule has 0 spiro atoms. The molecule has 0 saturated carbocycles. The van der Waals surface area contributed by atoms with Crippen LogP contribution >= 0.6 is 11.6 Å². The molecule has 5 nitrogen and oxygen atoms in total. The van der Waals surface area contributed by atoms with Crippen LogP contribution in [0.2, 0.25) is 5.02 Å². The molecule has 2 aromatic carbocycles. The van der Waals surface area contributed by atoms with Gasteiger partial charge < -0.3 is 10.1 Å². The third kappa shape index (κ3) is 3.68. The second-order valence-corrected chi connectivity index (χ2v) is 5.88. The minimum atomic E-state index is -0.601. The van der Waals surface area contributed by atoms with Crippen LogP contribution in [0.1, 0.15) is 18.0 Å². The Kier molecular flexibility index (Phi) is 5.01. The van der Waals surface area contributed by atoms with E-state index in [9.17, 15) is 9.59 Å². The number of amides is 3. The molecule has 6 heteroatoms. The van der Waals surface area contributed by atoms with Gasteiger partial charge in [0.2, 0.25) is 0 Å². The molecule has 3 rings (SSSR count). The molecular weight excluding hydrogens is 328 g/mol. The molecule has 1 saturated heterocycles. The first kappa shape index (κ1) is 16.3. The summed E-state index contributed by atoms with van der Waals surface area (Å²) in [6.45, 7) is 0.732. The Hall–Kier alpha value is -2.53. The fourth-order valence-electron chi connectivity index (χ4n) is 2.55. The fourth-order valence-corrected chi connectivity index (χ4v) is 2.67. The second kappa shape index (κ2) is 7.36. The van der Waals surface area contributed by atoms with Crippen LogP contribution in [-0.2, 0) is 4.79 Å². The molecule has 0 bridgehead atoms. The summed E-state index contributed by atoms with van der Waals surface area (Å²) in [4.78, 5) is 25.7. The third-order valence-electron chi connectivity index (χ3n) is 3.77. The van der Waals surface area contributed by atoms with Gasteiger partial charge in [0.05, 0.1) is 6.61 Å². The first-order valence-electron chi connectivity index (χ1n) is 7.70. The average Bonchev–Trinajstić information content (AvgIpc) is 2.89. The summed E-state index contributed by atoms with van der Waals surface area (Å²) in [5.41, 5.74) is 0.788. The molecule has 124 valence electrons. The maximum absolute atomic E-state index is 12.4. The van der Waals surface area contributed by atoms with Crippen molar-refractivity contribution in [2.75, 3.05) is 13.2 Å². The van der Waals surface area contributed by atoms with Gasteiger partial charge in [0.1, 0.15) is 11.8 Å². The molecular formula is C18H17ClN2O3. The third-order valence-corrected chi connectivity index (χ3v) is 4.02. The van der Waals surface area contributed by atoms with Crippen molar-refractivity contribution in [2.24, 2.45) is 0 Å². The van der Waals surface area contributed by atoms with E-state index >= 15 is 0 Å². The number of hydrogen-bond donors (Lipinski definition) is 1. The molecule has 3 amide bonds. The lowest BCUT2D eigenvalue weighted by molar-refractivity contribution is -0.127. The SMILES string of the molecule is O=C1NC(c2ccccc2)C(=O)N1CCCOc1ccc(Cl)cc1. The number of rotatable bonds is 6. The van der Waals surface area contributed by atoms with Gasteiger partial charge in [-0.1, -0.05) is 41.9 Å². The van der Waals surface area contributed by atoms with Crippen LogP contribution in [0.25, 0.3) is 0 Å². The number of benzene rings is 2. The lowest BCUT2D eigenvalue weighted by Crippen LogP contribution is -2.32. The number of nitrogens with zero attached hydrogens (tertiary/aromatic N) is 1. The number of carbonyl (C=O) groups excluding carboxylic acids is 2. The average molecular weight is 345 g/mol. The van der Waals surface area contributed by atoms with E-state index < -0.39 is 6.04 Å². The van der Waals surface area contributed by atoms with E-state index in [1.807, 2.05) is 30.3 Å². The molecule has 0 aromatic heterocycles. The Morgan fingerprint density at radius 3 is 2.46 bits per heavy atom. The maximum Gasteiger partial charge on any atom is 0.325 e. The predicted octanol–water partition coefficient (Wildman–Crippen LogP) is 3.40. The molecule has 0 aliphatic carbocycles. The van der Waals surface area contributed by atoms with E-state index in [1.165, 1.54) is 4.90 Å². The molecule has 1 fully saturated rings. The number of urea groups is 1. The zero-order valence-corrected chi connectivity index (χ0v) is 13.7. The molecule has 24 heavy (non-hydrogen) atoms. The van der Waals surface area contributed by atoms with Crippen molar-refractivity contribution in [3.8, 4) is 5.75 Å². The minimum Gasteiger partial charge on any atom is -0.494 e. The van der Waals surface area contributed by atoms with E-state index in [-0.39, 0.29) is 11.9 Å². The lowest BCUT2D eigenvalue weighted by Gasteiger charge is -2.13. The van der Waals surface area contributed by atoms with Gasteiger partial charge in [-0.05, 0) is 36.2 Å². The van der Waals surface area contributed by atoms with Crippen molar-refractivity contribution < 1.29 is 14.3 Å². The van der Waals surface area contributed by atoms with E-state index in [4.69, 9.17) is 16.3 Å². The first-order chi connectivity index (χ1) is 11.6. The molecule has 1 aliphatic rings. The van der Waals surface area contributed by atoms with Crippen molar-refractivity contribution in [3.63, 3.8) is 0 Å². The van der Waals surface area contributed by atoms with Gasteiger partial charge in [0.25, 0.3) is 5.91 Å². The summed E-state index contributed by atoms with van der Waals surface area (Å²) >= 11 is 5.81. The summed E-state index contributed by atoms with van der Waals surface area (Å²) in [5.74, 6) is 0.483. The predicted molar refractivity (Wildman–Crippen MR) is 91.0 cm³/mol. The quantitative estimate of drug-likeness (QED) is 0.645. The number of ether oxygens (including phenoxy) is 1. The van der Waals surface area contributed by atoms with E-state index in [2.05, 4.69) is 5.32 Å². The number of nitrogens with one attached hydrogen (secondary N) is 1. The van der Waals surface area contributed by atoms with Gasteiger partial charge in [0.15, 0.2) is 0 Å². The fraction of sp³-hybridized carbons (Fsp3) is 0.222. The Morgan fingerprint density at radius 1 is 1.04 bits per heavy atom. The van der Waals surface area contributed by atoms with Crippen LogP contribution in [0.3, 0.4) is 0 Å². The molecule has 1 unspecified atom stereocenters. The van der Waals surface area contributed by atoms with E-state index in [1.54, 1.807) is 24.3 Å². The number of halogens is 1. The molecule has 2 aromatic rings. The minimum absolute atomic E-state index is 0.224. The maximum atomic E-state index is 12.4. The van der Waals surface area contributed by atoms with Gasteiger partial charge in [-0.2, -0.15) is 0 Å². The number of hydrogen-bond acceptors (Lipinski definition) is 3. The van der Waals surface area contributed by atoms with Crippen molar-refractivity contribution in [1.82, 2.24) is 10.2 Å². The van der Waals surface area contributed by atoms with Crippen molar-refractivity contribution in [2.45, 2.75) is 12.5 Å². The highest BCUT2D eigenvalue weighted by Crippen LogP contribution is 2.22. The Morgan fingerprint density at radius 2 is 1.75 bits per heavy atom. The van der Waals surface area contributed by atoms with E-state index in [0.29, 0.717) is 30.3 Å². The van der Waals surface area contributed by atoms with Gasteiger partial charge in [-0.25, -0.2) is 4.79 Å². The zero-order valence-electron chi connectivity index (χ0n) is 12.9. The van der Waals surface area contributed by atoms with Crippen LogP contribution in [0.4, 0.5) is 4.79 Å². The van der Waals surface area contributed by atoms with Crippen LogP contribution in [0, 0.1) is 0 Å². The molecule has 1 N–H and O–H groups in total. The first-order valence-corrected chi connectivity index (χ1v) is 8.08. The Bertz CT molecular complexity index is 719. The van der Waals surface area contributed by atoms with Crippen molar-refractivity contribution in [3.05, 3.63) is 65.2 Å². The Labute approximate surface area is 145 Å². The summed E-state index contributed by atoms with van der Waals surface area (Å²) in [6.07, 6.45) is 0.559. The Balaban J connectivity index is 1.51. The second-order valence-electron chi connectivity index (χ2n) is 5.44. The summed E-state index contributed by atoms with van der Waals surface area (Å²) < 4.78 is 5.57. The topological polar surface area (TPSA) is 58.6 Å². The van der Waals surface area contributed by atoms with Crippen LogP contribution in [0.5, 0.6) is 5.75 Å². The van der Waals surface area contributed by atoms with Gasteiger partial charge >= 0.3 is 6.03 Å². The van der Waals surface area contributed by atoms with Crippen molar-refractivity contribution in [1.29, 1.82) is 0 Å². The monoisotopic (exact) mass is 344 g/mol. The standard InChI is InChI=1S/C18H17ClN2O3/c19-14-7-9-15(10-8-14)24-12-4-11-21-17(22)16(20-18(21)23)13-5-2-1-3-6-13/h1-3,5-10,16H,4,11-12H2,(H,20,23). The normalized spacial score (nSPS) is 17.0. The highest BCUT2D eigenvalue weighted by molar-refractivity contribution is 6.30.